The van der Waals surface area contributed by atoms with Gasteiger partial charge in [-0.3, -0.25) is 0 Å². The van der Waals surface area contributed by atoms with E-state index in [0.717, 1.165) is 6.42 Å². The zero-order chi connectivity index (χ0) is 33.2. The van der Waals surface area contributed by atoms with Crippen molar-refractivity contribution in [2.24, 2.45) is 0 Å². The molecule has 0 fully saturated rings. The first kappa shape index (κ1) is 44.6. The van der Waals surface area contributed by atoms with Crippen LogP contribution in [0.2, 0.25) is 0 Å². The monoisotopic (exact) mass is 653 g/mol. The number of hydrogen-bond donors (Lipinski definition) is 0. The molecule has 0 spiro atoms. The molecule has 0 aliphatic carbocycles. The average Bonchev–Trinajstić information content (AvgIpc) is 3.05. The molecule has 270 valence electrons. The number of rotatable bonds is 36. The van der Waals surface area contributed by atoms with Crippen LogP contribution in [-0.2, 0) is 9.32 Å². The predicted octanol–water partition coefficient (Wildman–Crippen LogP) is 15.4. The van der Waals surface area contributed by atoms with Crippen molar-refractivity contribution in [3.63, 3.8) is 0 Å². The Labute approximate surface area is 285 Å². The van der Waals surface area contributed by atoms with Gasteiger partial charge in [-0.15, -0.1) is 0 Å². The average molecular weight is 653 g/mol. The Bertz CT molecular complexity index is 633. The molecule has 0 atom stereocenters. The van der Waals surface area contributed by atoms with Gasteiger partial charge in [0.1, 0.15) is 0 Å². The molecule has 2 nitrogen and oxygen atoms in total. The van der Waals surface area contributed by atoms with Crippen LogP contribution in [0.15, 0.2) is 12.2 Å². The first-order chi connectivity index (χ1) is 22.0. The molecule has 0 aromatic rings. The molecule has 45 heavy (non-hydrogen) atoms. The van der Waals surface area contributed by atoms with E-state index in [1.165, 1.54) is 204 Å². The minimum atomic E-state index is -2.51. The summed E-state index contributed by atoms with van der Waals surface area (Å²) >= 11 is 0. The molecule has 0 aromatic heterocycles. The van der Waals surface area contributed by atoms with Crippen molar-refractivity contribution in [3.8, 4) is 0 Å². The standard InChI is InChI=1S/C42H85O2P/c1-6-11-16-18-20-21-22-23-24-25-26-27-28-29-30-31-32-33-35-37-42(43)44-45(38-13-8-3,39-14-9-4,40-15-10-5)41-36-34-19-17-12-7-2/h23-24H,6-22,25-41H2,1-5H3/b24-23-. The molecule has 0 radical (unpaired) electrons. The topological polar surface area (TPSA) is 26.3 Å². The second kappa shape index (κ2) is 32.2. The zero-order valence-electron chi connectivity index (χ0n) is 32.0. The van der Waals surface area contributed by atoms with E-state index >= 15 is 0 Å². The van der Waals surface area contributed by atoms with Crippen LogP contribution in [0.5, 0.6) is 0 Å². The summed E-state index contributed by atoms with van der Waals surface area (Å²) in [4.78, 5) is 13.5. The summed E-state index contributed by atoms with van der Waals surface area (Å²) in [6.45, 7) is 9.02. The molecule has 0 N–H and O–H groups in total. The fourth-order valence-electron chi connectivity index (χ4n) is 7.20. The van der Waals surface area contributed by atoms with Gasteiger partial charge in [-0.1, -0.05) is 51.2 Å². The maximum absolute atomic E-state index is 13.5. The van der Waals surface area contributed by atoms with Gasteiger partial charge in [-0.2, -0.15) is 0 Å². The van der Waals surface area contributed by atoms with Crippen molar-refractivity contribution in [1.29, 1.82) is 0 Å². The van der Waals surface area contributed by atoms with E-state index in [-0.39, 0.29) is 5.97 Å². The Morgan fingerprint density at radius 3 is 1.11 bits per heavy atom. The van der Waals surface area contributed by atoms with Crippen LogP contribution in [-0.4, -0.2) is 30.6 Å². The number of unbranched alkanes of at least 4 members (excludes halogenated alkanes) is 23. The van der Waals surface area contributed by atoms with Crippen molar-refractivity contribution < 1.29 is 9.32 Å². The van der Waals surface area contributed by atoms with Gasteiger partial charge in [0.05, 0.1) is 0 Å². The Hall–Kier alpha value is -0.360. The van der Waals surface area contributed by atoms with Crippen molar-refractivity contribution >= 4 is 12.8 Å². The molecule has 0 unspecified atom stereocenters. The predicted molar refractivity (Wildman–Crippen MR) is 208 cm³/mol. The van der Waals surface area contributed by atoms with Gasteiger partial charge < -0.3 is 0 Å². The van der Waals surface area contributed by atoms with Crippen LogP contribution >= 0.6 is 6.83 Å². The Kier molecular flexibility index (Phi) is 31.9. The summed E-state index contributed by atoms with van der Waals surface area (Å²) in [5, 5.41) is 0. The summed E-state index contributed by atoms with van der Waals surface area (Å²) in [7, 11) is 0. The third-order valence-electron chi connectivity index (χ3n) is 10.3. The van der Waals surface area contributed by atoms with Gasteiger partial charge in [-0.25, -0.2) is 0 Å². The molecule has 0 bridgehead atoms. The molecule has 0 amide bonds. The first-order valence-corrected chi connectivity index (χ1v) is 23.8. The van der Waals surface area contributed by atoms with Gasteiger partial charge in [0.2, 0.25) is 0 Å². The van der Waals surface area contributed by atoms with E-state index in [0.29, 0.717) is 6.42 Å². The normalized spacial score (nSPS) is 13.0. The van der Waals surface area contributed by atoms with Crippen molar-refractivity contribution in [1.82, 2.24) is 0 Å². The van der Waals surface area contributed by atoms with Gasteiger partial charge in [0, 0.05) is 0 Å². The summed E-state index contributed by atoms with van der Waals surface area (Å²) in [6, 6.07) is 0. The van der Waals surface area contributed by atoms with Crippen LogP contribution in [0.3, 0.4) is 0 Å². The second-order valence-corrected chi connectivity index (χ2v) is 20.5. The minimum absolute atomic E-state index is 0.156. The number of carbonyl (C=O) groups excluding carboxylic acids is 1. The molecule has 0 aromatic carbocycles. The van der Waals surface area contributed by atoms with E-state index in [4.69, 9.17) is 4.52 Å². The van der Waals surface area contributed by atoms with Crippen LogP contribution in [0.4, 0.5) is 0 Å². The van der Waals surface area contributed by atoms with Crippen LogP contribution in [0.25, 0.3) is 0 Å². The number of carbonyl (C=O) groups is 1. The third kappa shape index (κ3) is 25.3. The first-order valence-electron chi connectivity index (χ1n) is 20.9. The molecule has 0 rings (SSSR count). The Balaban J connectivity index is 4.42. The summed E-state index contributed by atoms with van der Waals surface area (Å²) in [5.74, 6) is 0.156. The van der Waals surface area contributed by atoms with Gasteiger partial charge in [0.25, 0.3) is 0 Å². The SMILES string of the molecule is CCCCCCCC/C=C\CCCCCCCCCCCC(=O)OP(CCCC)(CCCC)(CCCC)CCCCCCCC. The van der Waals surface area contributed by atoms with Gasteiger partial charge >= 0.3 is 216 Å². The maximum atomic E-state index is 13.5. The molecule has 3 heteroatoms. The molecule has 0 heterocycles. The summed E-state index contributed by atoms with van der Waals surface area (Å²) < 4.78 is 6.98. The molecule has 0 aliphatic heterocycles. The fourth-order valence-corrected chi connectivity index (χ4v) is 13.9. The fraction of sp³-hybridized carbons (Fsp3) is 0.929. The molecule has 0 aliphatic rings. The Morgan fingerprint density at radius 1 is 0.400 bits per heavy atom. The molecular weight excluding hydrogens is 567 g/mol. The zero-order valence-corrected chi connectivity index (χ0v) is 32.9. The molecule has 0 saturated heterocycles. The van der Waals surface area contributed by atoms with Gasteiger partial charge in [0.15, 0.2) is 0 Å². The quantitative estimate of drug-likeness (QED) is 0.0382. The van der Waals surface area contributed by atoms with Gasteiger partial charge in [-0.05, 0) is 19.3 Å². The molecular formula is C42H85O2P. The van der Waals surface area contributed by atoms with Crippen molar-refractivity contribution in [3.05, 3.63) is 12.2 Å². The Morgan fingerprint density at radius 2 is 0.711 bits per heavy atom. The number of hydrogen-bond acceptors (Lipinski definition) is 2. The van der Waals surface area contributed by atoms with E-state index in [1.807, 2.05) is 0 Å². The van der Waals surface area contributed by atoms with Crippen molar-refractivity contribution in [2.75, 3.05) is 24.6 Å². The summed E-state index contributed by atoms with van der Waals surface area (Å²) in [6.07, 6.45) is 48.1. The summed E-state index contributed by atoms with van der Waals surface area (Å²) in [5.41, 5.74) is 0. The van der Waals surface area contributed by atoms with Crippen LogP contribution < -0.4 is 0 Å². The van der Waals surface area contributed by atoms with E-state index < -0.39 is 6.83 Å². The van der Waals surface area contributed by atoms with E-state index in [9.17, 15) is 4.79 Å². The molecule has 0 saturated carbocycles. The van der Waals surface area contributed by atoms with Crippen molar-refractivity contribution in [2.45, 2.75) is 227 Å². The van der Waals surface area contributed by atoms with E-state index in [2.05, 4.69) is 46.8 Å². The van der Waals surface area contributed by atoms with Crippen LogP contribution in [0, 0.1) is 0 Å². The van der Waals surface area contributed by atoms with Crippen LogP contribution in [0.1, 0.15) is 227 Å². The third-order valence-corrected chi connectivity index (χ3v) is 16.8. The van der Waals surface area contributed by atoms with E-state index in [1.54, 1.807) is 0 Å². The second-order valence-electron chi connectivity index (χ2n) is 14.8. The number of allylic oxidation sites excluding steroid dienone is 2.